The molecule has 3 heterocycles. The Morgan fingerprint density at radius 3 is 2.75 bits per heavy atom. The van der Waals surface area contributed by atoms with Gasteiger partial charge in [0.2, 0.25) is 0 Å². The lowest BCUT2D eigenvalue weighted by Crippen LogP contribution is -2.23. The topological polar surface area (TPSA) is 112 Å². The third kappa shape index (κ3) is 3.49. The molecule has 3 aromatic heterocycles. The quantitative estimate of drug-likeness (QED) is 0.549. The van der Waals surface area contributed by atoms with Gasteiger partial charge in [-0.05, 0) is 41.5 Å². The molecule has 0 fully saturated rings. The molecular formula is C18H16FN7O2. The summed E-state index contributed by atoms with van der Waals surface area (Å²) in [5.74, 6) is -0.0758. The fourth-order valence-electron chi connectivity index (χ4n) is 2.85. The molecule has 9 nitrogen and oxygen atoms in total. The van der Waals surface area contributed by atoms with E-state index in [0.29, 0.717) is 22.4 Å². The molecule has 1 unspecified atom stereocenters. The summed E-state index contributed by atoms with van der Waals surface area (Å²) in [6.45, 7) is 1.96. The monoisotopic (exact) mass is 381 g/mol. The molecule has 0 bridgehead atoms. The highest BCUT2D eigenvalue weighted by Gasteiger charge is 2.13. The number of aliphatic hydroxyl groups is 1. The highest BCUT2D eigenvalue weighted by Crippen LogP contribution is 2.14. The van der Waals surface area contributed by atoms with Crippen molar-refractivity contribution in [1.82, 2.24) is 34.7 Å². The lowest BCUT2D eigenvalue weighted by Gasteiger charge is -2.09. The molecule has 0 aliphatic heterocycles. The maximum Gasteiger partial charge on any atom is 0.263 e. The van der Waals surface area contributed by atoms with Crippen LogP contribution in [-0.2, 0) is 13.1 Å². The highest BCUT2D eigenvalue weighted by atomic mass is 19.1. The summed E-state index contributed by atoms with van der Waals surface area (Å²) in [7, 11) is 0. The molecule has 1 N–H and O–H groups in total. The van der Waals surface area contributed by atoms with Gasteiger partial charge < -0.3 is 5.11 Å². The van der Waals surface area contributed by atoms with Gasteiger partial charge in [-0.25, -0.2) is 14.4 Å². The standard InChI is InChI=1S/C18H16FN7O2/c1-11-6-7-20-17-16(11)18(28)25(10-21-17)9-15-22-24-26(23-15)8-14(27)12-2-4-13(19)5-3-12/h2-7,10,14,27H,8-9H2,1H3. The fraction of sp³-hybridized carbons (Fsp3) is 0.222. The first-order valence-electron chi connectivity index (χ1n) is 8.52. The van der Waals surface area contributed by atoms with Gasteiger partial charge in [0.25, 0.3) is 5.56 Å². The van der Waals surface area contributed by atoms with Crippen molar-refractivity contribution in [1.29, 1.82) is 0 Å². The normalized spacial score (nSPS) is 12.4. The van der Waals surface area contributed by atoms with E-state index in [1.54, 1.807) is 12.3 Å². The second kappa shape index (κ2) is 7.24. The van der Waals surface area contributed by atoms with Crippen LogP contribution in [0.4, 0.5) is 4.39 Å². The molecule has 4 aromatic rings. The fourth-order valence-corrected chi connectivity index (χ4v) is 2.85. The van der Waals surface area contributed by atoms with Crippen molar-refractivity contribution in [3.8, 4) is 0 Å². The van der Waals surface area contributed by atoms with Crippen LogP contribution in [-0.4, -0.2) is 39.8 Å². The minimum absolute atomic E-state index is 0.0481. The molecule has 10 heteroatoms. The average molecular weight is 381 g/mol. The average Bonchev–Trinajstić information content (AvgIpc) is 3.11. The van der Waals surface area contributed by atoms with Crippen LogP contribution < -0.4 is 5.56 Å². The number of pyridine rings is 1. The van der Waals surface area contributed by atoms with E-state index in [2.05, 4.69) is 25.4 Å². The van der Waals surface area contributed by atoms with Gasteiger partial charge in [0.15, 0.2) is 11.5 Å². The van der Waals surface area contributed by atoms with Crippen LogP contribution in [0.5, 0.6) is 0 Å². The Balaban J connectivity index is 1.53. The molecule has 0 radical (unpaired) electrons. The largest absolute Gasteiger partial charge is 0.386 e. The zero-order chi connectivity index (χ0) is 19.7. The smallest absolute Gasteiger partial charge is 0.263 e. The van der Waals surface area contributed by atoms with Gasteiger partial charge in [-0.15, -0.1) is 10.2 Å². The minimum Gasteiger partial charge on any atom is -0.386 e. The molecule has 0 saturated carbocycles. The molecule has 142 valence electrons. The Labute approximate surface area is 158 Å². The summed E-state index contributed by atoms with van der Waals surface area (Å²) in [5.41, 5.74) is 1.48. The number of hydrogen-bond acceptors (Lipinski definition) is 7. The SMILES string of the molecule is Cc1ccnc2ncn(Cc3nnn(CC(O)c4ccc(F)cc4)n3)c(=O)c12. The number of fused-ring (bicyclic) bond motifs is 1. The molecule has 1 atom stereocenters. The van der Waals surface area contributed by atoms with E-state index in [1.807, 2.05) is 6.92 Å². The van der Waals surface area contributed by atoms with Gasteiger partial charge in [-0.1, -0.05) is 12.1 Å². The first kappa shape index (κ1) is 17.9. The lowest BCUT2D eigenvalue weighted by atomic mass is 10.1. The van der Waals surface area contributed by atoms with Crippen LogP contribution in [0.15, 0.2) is 47.7 Å². The number of benzene rings is 1. The van der Waals surface area contributed by atoms with Crippen LogP contribution >= 0.6 is 0 Å². The van der Waals surface area contributed by atoms with E-state index < -0.39 is 6.10 Å². The van der Waals surface area contributed by atoms with E-state index in [1.165, 1.54) is 40.0 Å². The first-order valence-corrected chi connectivity index (χ1v) is 8.52. The molecule has 0 aliphatic carbocycles. The van der Waals surface area contributed by atoms with Crippen molar-refractivity contribution in [3.05, 3.63) is 76.0 Å². The second-order valence-electron chi connectivity index (χ2n) is 6.33. The summed E-state index contributed by atoms with van der Waals surface area (Å²) < 4.78 is 14.4. The van der Waals surface area contributed by atoms with Gasteiger partial charge in [-0.3, -0.25) is 9.36 Å². The predicted octanol–water partition coefficient (Wildman–Crippen LogP) is 1.01. The molecule has 0 saturated heterocycles. The Bertz CT molecular complexity index is 1190. The van der Waals surface area contributed by atoms with Crippen molar-refractivity contribution >= 4 is 11.0 Å². The van der Waals surface area contributed by atoms with Crippen molar-refractivity contribution < 1.29 is 9.50 Å². The summed E-state index contributed by atoms with van der Waals surface area (Å²) in [5, 5.41) is 22.7. The zero-order valence-electron chi connectivity index (χ0n) is 14.9. The van der Waals surface area contributed by atoms with Crippen LogP contribution in [0.2, 0.25) is 0 Å². The third-order valence-electron chi connectivity index (χ3n) is 4.33. The number of aryl methyl sites for hydroxylation is 1. The molecule has 4 rings (SSSR count). The van der Waals surface area contributed by atoms with Crippen molar-refractivity contribution in [3.63, 3.8) is 0 Å². The van der Waals surface area contributed by atoms with Crippen molar-refractivity contribution in [2.24, 2.45) is 0 Å². The van der Waals surface area contributed by atoms with Crippen LogP contribution in [0.1, 0.15) is 23.1 Å². The van der Waals surface area contributed by atoms with Crippen LogP contribution in [0.25, 0.3) is 11.0 Å². The summed E-state index contributed by atoms with van der Waals surface area (Å²) in [6.07, 6.45) is 2.08. The Hall–Kier alpha value is -3.53. The molecular weight excluding hydrogens is 365 g/mol. The molecule has 1 aromatic carbocycles. The zero-order valence-corrected chi connectivity index (χ0v) is 14.9. The van der Waals surface area contributed by atoms with Crippen molar-refractivity contribution in [2.45, 2.75) is 26.1 Å². The highest BCUT2D eigenvalue weighted by molar-refractivity contribution is 5.76. The van der Waals surface area contributed by atoms with Gasteiger partial charge in [0.1, 0.15) is 18.2 Å². The van der Waals surface area contributed by atoms with E-state index in [9.17, 15) is 14.3 Å². The van der Waals surface area contributed by atoms with Crippen LogP contribution in [0, 0.1) is 12.7 Å². The molecule has 0 aliphatic rings. The van der Waals surface area contributed by atoms with Crippen LogP contribution in [0.3, 0.4) is 0 Å². The molecule has 0 amide bonds. The number of hydrogen-bond donors (Lipinski definition) is 1. The van der Waals surface area contributed by atoms with Gasteiger partial charge in [0, 0.05) is 6.20 Å². The number of aromatic nitrogens is 7. The van der Waals surface area contributed by atoms with Gasteiger partial charge in [-0.2, -0.15) is 4.80 Å². The lowest BCUT2D eigenvalue weighted by molar-refractivity contribution is 0.144. The van der Waals surface area contributed by atoms with E-state index in [-0.39, 0.29) is 24.5 Å². The maximum absolute atomic E-state index is 13.0. The Morgan fingerprint density at radius 1 is 1.18 bits per heavy atom. The number of halogens is 1. The number of nitrogens with zero attached hydrogens (tertiary/aromatic N) is 7. The van der Waals surface area contributed by atoms with E-state index in [4.69, 9.17) is 0 Å². The van der Waals surface area contributed by atoms with E-state index >= 15 is 0 Å². The second-order valence-corrected chi connectivity index (χ2v) is 6.33. The summed E-state index contributed by atoms with van der Waals surface area (Å²) in [6, 6.07) is 7.29. The Morgan fingerprint density at radius 2 is 1.96 bits per heavy atom. The Kier molecular flexibility index (Phi) is 4.62. The number of rotatable bonds is 5. The minimum atomic E-state index is -0.915. The molecule has 0 spiro atoms. The first-order chi connectivity index (χ1) is 13.5. The van der Waals surface area contributed by atoms with Crippen molar-refractivity contribution in [2.75, 3.05) is 0 Å². The molecule has 28 heavy (non-hydrogen) atoms. The maximum atomic E-state index is 13.0. The number of tetrazole rings is 1. The predicted molar refractivity (Wildman–Crippen MR) is 96.8 cm³/mol. The van der Waals surface area contributed by atoms with Gasteiger partial charge >= 0.3 is 0 Å². The summed E-state index contributed by atoms with van der Waals surface area (Å²) in [4.78, 5) is 22.2. The third-order valence-corrected chi connectivity index (χ3v) is 4.33. The van der Waals surface area contributed by atoms with E-state index in [0.717, 1.165) is 5.56 Å². The number of aliphatic hydroxyl groups excluding tert-OH is 1. The summed E-state index contributed by atoms with van der Waals surface area (Å²) >= 11 is 0. The van der Waals surface area contributed by atoms with Gasteiger partial charge in [0.05, 0.1) is 18.5 Å².